The summed E-state index contributed by atoms with van der Waals surface area (Å²) in [5.74, 6) is -0.923. The Morgan fingerprint density at radius 1 is 1.15 bits per heavy atom. The van der Waals surface area contributed by atoms with E-state index in [1.165, 1.54) is 46.2 Å². The van der Waals surface area contributed by atoms with Gasteiger partial charge in [-0.05, 0) is 60.0 Å². The van der Waals surface area contributed by atoms with Crippen molar-refractivity contribution in [2.45, 2.75) is 31.3 Å². The molecule has 1 saturated carbocycles. The molecule has 0 spiro atoms. The molecule has 5 rings (SSSR count). The number of halogens is 1. The molecular formula is C25H22FN3O4S. The van der Waals surface area contributed by atoms with Crippen LogP contribution in [0.2, 0.25) is 0 Å². The van der Waals surface area contributed by atoms with Gasteiger partial charge < -0.3 is 9.80 Å². The number of carbonyl (C=O) groups is 2. The lowest BCUT2D eigenvalue weighted by Gasteiger charge is -2.37. The van der Waals surface area contributed by atoms with Crippen LogP contribution in [0.3, 0.4) is 0 Å². The van der Waals surface area contributed by atoms with Crippen LogP contribution in [-0.4, -0.2) is 45.7 Å². The molecule has 1 atom stereocenters. The van der Waals surface area contributed by atoms with Gasteiger partial charge in [0.15, 0.2) is 0 Å². The van der Waals surface area contributed by atoms with Gasteiger partial charge in [0.2, 0.25) is 5.91 Å². The second kappa shape index (κ2) is 8.98. The minimum absolute atomic E-state index is 0.0542. The van der Waals surface area contributed by atoms with E-state index in [1.54, 1.807) is 28.4 Å². The maximum atomic E-state index is 13.6. The van der Waals surface area contributed by atoms with Crippen molar-refractivity contribution in [1.82, 2.24) is 9.80 Å². The predicted molar refractivity (Wildman–Crippen MR) is 125 cm³/mol. The Morgan fingerprint density at radius 3 is 2.62 bits per heavy atom. The Kier molecular flexibility index (Phi) is 5.87. The monoisotopic (exact) mass is 479 g/mol. The van der Waals surface area contributed by atoms with E-state index < -0.39 is 4.92 Å². The highest BCUT2D eigenvalue weighted by Crippen LogP contribution is 2.38. The van der Waals surface area contributed by atoms with Gasteiger partial charge in [-0.2, -0.15) is 0 Å². The van der Waals surface area contributed by atoms with E-state index >= 15 is 0 Å². The summed E-state index contributed by atoms with van der Waals surface area (Å²) in [7, 11) is 0. The SMILES string of the molecule is O=C(c1cccc([N+](=O)[O-])c1)N(CC(=O)N1CCc2sccc2C1c1ccc(F)cc1)C1CC1. The molecule has 0 saturated heterocycles. The van der Waals surface area contributed by atoms with Gasteiger partial charge in [0.1, 0.15) is 12.4 Å². The number of non-ortho nitro benzene ring substituents is 1. The second-order valence-electron chi connectivity index (χ2n) is 8.56. The standard InChI is InChI=1S/C25H22FN3O4S/c26-18-6-4-16(5-7-18)24-21-11-13-34-22(21)10-12-27(24)23(30)15-28(19-8-9-19)25(31)17-2-1-3-20(14-17)29(32)33/h1-7,11,13-14,19,24H,8-10,12,15H2. The van der Waals surface area contributed by atoms with Crippen molar-refractivity contribution in [1.29, 1.82) is 0 Å². The Hall–Kier alpha value is -3.59. The third kappa shape index (κ3) is 4.31. The minimum atomic E-state index is -0.539. The summed E-state index contributed by atoms with van der Waals surface area (Å²) in [6.45, 7) is 0.390. The maximum absolute atomic E-state index is 13.6. The molecule has 2 amide bonds. The van der Waals surface area contributed by atoms with Crippen LogP contribution < -0.4 is 0 Å². The van der Waals surface area contributed by atoms with Crippen LogP contribution in [0.15, 0.2) is 60.0 Å². The van der Waals surface area contributed by atoms with Crippen LogP contribution >= 0.6 is 11.3 Å². The minimum Gasteiger partial charge on any atom is -0.330 e. The quantitative estimate of drug-likeness (QED) is 0.383. The molecule has 0 N–H and O–H groups in total. The number of nitro groups is 1. The molecule has 7 nitrogen and oxygen atoms in total. The molecule has 2 aliphatic rings. The van der Waals surface area contributed by atoms with E-state index in [0.29, 0.717) is 6.54 Å². The van der Waals surface area contributed by atoms with Gasteiger partial charge in [-0.25, -0.2) is 4.39 Å². The van der Waals surface area contributed by atoms with Gasteiger partial charge in [-0.1, -0.05) is 18.2 Å². The zero-order valence-corrected chi connectivity index (χ0v) is 19.0. The number of hydrogen-bond donors (Lipinski definition) is 0. The number of benzene rings is 2. The smallest absolute Gasteiger partial charge is 0.270 e. The fraction of sp³-hybridized carbons (Fsp3) is 0.280. The predicted octanol–water partition coefficient (Wildman–Crippen LogP) is 4.57. The normalized spacial score (nSPS) is 17.2. The summed E-state index contributed by atoms with van der Waals surface area (Å²) < 4.78 is 13.6. The van der Waals surface area contributed by atoms with Gasteiger partial charge in [-0.15, -0.1) is 11.3 Å². The van der Waals surface area contributed by atoms with Crippen molar-refractivity contribution in [3.8, 4) is 0 Å². The van der Waals surface area contributed by atoms with Gasteiger partial charge in [0, 0.05) is 35.2 Å². The number of fused-ring (bicyclic) bond motifs is 1. The van der Waals surface area contributed by atoms with E-state index in [1.807, 2.05) is 11.4 Å². The fourth-order valence-corrected chi connectivity index (χ4v) is 5.40. The Labute approximate surface area is 199 Å². The van der Waals surface area contributed by atoms with Gasteiger partial charge in [0.05, 0.1) is 11.0 Å². The third-order valence-electron chi connectivity index (χ3n) is 6.33. The van der Waals surface area contributed by atoms with Gasteiger partial charge >= 0.3 is 0 Å². The summed E-state index contributed by atoms with van der Waals surface area (Å²) in [4.78, 5) is 41.9. The largest absolute Gasteiger partial charge is 0.330 e. The first-order valence-corrected chi connectivity index (χ1v) is 12.0. The third-order valence-corrected chi connectivity index (χ3v) is 7.33. The van der Waals surface area contributed by atoms with Crippen LogP contribution in [0.5, 0.6) is 0 Å². The van der Waals surface area contributed by atoms with E-state index in [2.05, 4.69) is 0 Å². The zero-order chi connectivity index (χ0) is 23.8. The lowest BCUT2D eigenvalue weighted by Crippen LogP contribution is -2.47. The Balaban J connectivity index is 1.42. The average Bonchev–Trinajstić information content (AvgIpc) is 3.57. The summed E-state index contributed by atoms with van der Waals surface area (Å²) in [6, 6.07) is 13.4. The van der Waals surface area contributed by atoms with Gasteiger partial charge in [-0.3, -0.25) is 19.7 Å². The highest BCUT2D eigenvalue weighted by Gasteiger charge is 2.38. The number of amides is 2. The van der Waals surface area contributed by atoms with Crippen molar-refractivity contribution in [2.75, 3.05) is 13.1 Å². The summed E-state index contributed by atoms with van der Waals surface area (Å²) in [5.41, 5.74) is 1.88. The molecule has 1 fully saturated rings. The molecule has 9 heteroatoms. The maximum Gasteiger partial charge on any atom is 0.270 e. The number of hydrogen-bond acceptors (Lipinski definition) is 5. The first-order chi connectivity index (χ1) is 16.4. The molecule has 0 bridgehead atoms. The Morgan fingerprint density at radius 2 is 1.91 bits per heavy atom. The van der Waals surface area contributed by atoms with Crippen molar-refractivity contribution >= 4 is 28.8 Å². The lowest BCUT2D eigenvalue weighted by molar-refractivity contribution is -0.384. The van der Waals surface area contributed by atoms with Crippen LogP contribution in [-0.2, 0) is 11.2 Å². The van der Waals surface area contributed by atoms with Crippen molar-refractivity contribution in [3.05, 3.63) is 97.5 Å². The van der Waals surface area contributed by atoms with Crippen molar-refractivity contribution in [3.63, 3.8) is 0 Å². The molecule has 1 aromatic heterocycles. The van der Waals surface area contributed by atoms with E-state index in [-0.39, 0.29) is 47.5 Å². The number of carbonyl (C=O) groups excluding carboxylic acids is 2. The average molecular weight is 480 g/mol. The molecule has 2 heterocycles. The summed E-state index contributed by atoms with van der Waals surface area (Å²) in [6.07, 6.45) is 2.31. The van der Waals surface area contributed by atoms with Crippen molar-refractivity contribution in [2.24, 2.45) is 0 Å². The lowest BCUT2D eigenvalue weighted by atomic mass is 9.93. The van der Waals surface area contributed by atoms with E-state index in [0.717, 1.165) is 30.4 Å². The molecule has 1 aliphatic carbocycles. The molecule has 2 aromatic carbocycles. The summed E-state index contributed by atoms with van der Waals surface area (Å²) >= 11 is 1.64. The first-order valence-electron chi connectivity index (χ1n) is 11.1. The first kappa shape index (κ1) is 22.2. The fourth-order valence-electron chi connectivity index (χ4n) is 4.50. The number of rotatable bonds is 6. The van der Waals surface area contributed by atoms with Crippen LogP contribution in [0.25, 0.3) is 0 Å². The molecule has 3 aromatic rings. The molecular weight excluding hydrogens is 457 g/mol. The molecule has 1 aliphatic heterocycles. The summed E-state index contributed by atoms with van der Waals surface area (Å²) in [5, 5.41) is 13.1. The van der Waals surface area contributed by atoms with Crippen molar-refractivity contribution < 1.29 is 18.9 Å². The molecule has 174 valence electrons. The highest BCUT2D eigenvalue weighted by molar-refractivity contribution is 7.10. The number of nitro benzene ring substituents is 1. The second-order valence-corrected chi connectivity index (χ2v) is 9.56. The van der Waals surface area contributed by atoms with Crippen LogP contribution in [0, 0.1) is 15.9 Å². The topological polar surface area (TPSA) is 83.8 Å². The molecule has 34 heavy (non-hydrogen) atoms. The number of nitrogens with zero attached hydrogens (tertiary/aromatic N) is 3. The zero-order valence-electron chi connectivity index (χ0n) is 18.2. The van der Waals surface area contributed by atoms with Crippen LogP contribution in [0.4, 0.5) is 10.1 Å². The van der Waals surface area contributed by atoms with E-state index in [9.17, 15) is 24.1 Å². The van der Waals surface area contributed by atoms with Crippen LogP contribution in [0.1, 0.15) is 45.2 Å². The number of thiophene rings is 1. The molecule has 1 unspecified atom stereocenters. The Bertz CT molecular complexity index is 1260. The van der Waals surface area contributed by atoms with Gasteiger partial charge in [0.25, 0.3) is 11.6 Å². The highest BCUT2D eigenvalue weighted by atomic mass is 32.1. The van der Waals surface area contributed by atoms with E-state index in [4.69, 9.17) is 0 Å². The molecule has 0 radical (unpaired) electrons.